The highest BCUT2D eigenvalue weighted by Gasteiger charge is 2.32. The monoisotopic (exact) mass is 491 g/mol. The molecule has 0 bridgehead atoms. The Bertz CT molecular complexity index is 1160. The Kier molecular flexibility index (Phi) is 7.13. The van der Waals surface area contributed by atoms with E-state index in [1.54, 1.807) is 16.8 Å². The molecule has 2 aromatic heterocycles. The molecule has 7 nitrogen and oxygen atoms in total. The van der Waals surface area contributed by atoms with Crippen molar-refractivity contribution in [2.45, 2.75) is 51.1 Å². The van der Waals surface area contributed by atoms with E-state index in [9.17, 15) is 18.0 Å². The van der Waals surface area contributed by atoms with E-state index in [4.69, 9.17) is 10.2 Å². The summed E-state index contributed by atoms with van der Waals surface area (Å²) in [6.45, 7) is 1.90. The predicted molar refractivity (Wildman–Crippen MR) is 122 cm³/mol. The molecule has 1 aliphatic carbocycles. The number of hydrogen-bond acceptors (Lipinski definition) is 7. The van der Waals surface area contributed by atoms with E-state index in [-0.39, 0.29) is 17.8 Å². The van der Waals surface area contributed by atoms with Gasteiger partial charge in [-0.3, -0.25) is 10.0 Å². The molecule has 34 heavy (non-hydrogen) atoms. The van der Waals surface area contributed by atoms with Gasteiger partial charge in [0.15, 0.2) is 0 Å². The van der Waals surface area contributed by atoms with Crippen molar-refractivity contribution in [3.05, 3.63) is 52.1 Å². The van der Waals surface area contributed by atoms with E-state index < -0.39 is 11.9 Å². The molecule has 4 rings (SSSR count). The molecular formula is C23H24F3N5O2S. The number of alkyl halides is 3. The molecule has 2 heterocycles. The van der Waals surface area contributed by atoms with Gasteiger partial charge >= 0.3 is 6.18 Å². The summed E-state index contributed by atoms with van der Waals surface area (Å²) in [5, 5.41) is 14.6. The largest absolute Gasteiger partial charge is 0.433 e. The number of benzene rings is 1. The second-order valence-electron chi connectivity index (χ2n) is 8.50. The molecule has 1 amide bonds. The zero-order chi connectivity index (χ0) is 24.3. The van der Waals surface area contributed by atoms with Crippen molar-refractivity contribution >= 4 is 28.9 Å². The first kappa shape index (κ1) is 24.1. The minimum Gasteiger partial charge on any atom is -0.324 e. The molecule has 1 fully saturated rings. The second kappa shape index (κ2) is 10.1. The molecule has 3 N–H and O–H groups in total. The van der Waals surface area contributed by atoms with Gasteiger partial charge in [0.25, 0.3) is 0 Å². The molecule has 11 heteroatoms. The highest BCUT2D eigenvalue weighted by atomic mass is 32.1. The van der Waals surface area contributed by atoms with Gasteiger partial charge in [-0.05, 0) is 68.4 Å². The summed E-state index contributed by atoms with van der Waals surface area (Å²) >= 11 is 1.59. The molecule has 0 unspecified atom stereocenters. The lowest BCUT2D eigenvalue weighted by atomic mass is 9.80. The van der Waals surface area contributed by atoms with Crippen LogP contribution in [0.2, 0.25) is 0 Å². The number of thiazole rings is 1. The van der Waals surface area contributed by atoms with Crippen molar-refractivity contribution in [1.29, 1.82) is 0 Å². The maximum absolute atomic E-state index is 13.0. The van der Waals surface area contributed by atoms with Crippen molar-refractivity contribution in [3.63, 3.8) is 0 Å². The summed E-state index contributed by atoms with van der Waals surface area (Å²) in [6.07, 6.45) is 0.546. The Hall–Kier alpha value is -3.05. The van der Waals surface area contributed by atoms with Crippen LogP contribution >= 0.6 is 11.3 Å². The van der Waals surface area contributed by atoms with E-state index in [2.05, 4.69) is 15.3 Å². The Morgan fingerprint density at radius 3 is 2.65 bits per heavy atom. The van der Waals surface area contributed by atoms with Gasteiger partial charge in [-0.1, -0.05) is 0 Å². The Labute approximate surface area is 198 Å². The van der Waals surface area contributed by atoms with Gasteiger partial charge in [0.05, 0.1) is 10.7 Å². The second-order valence-corrected chi connectivity index (χ2v) is 9.39. The van der Waals surface area contributed by atoms with Crippen molar-refractivity contribution in [1.82, 2.24) is 20.4 Å². The normalized spacial score (nSPS) is 18.5. The van der Waals surface area contributed by atoms with Crippen LogP contribution in [-0.2, 0) is 11.0 Å². The molecule has 1 aromatic carbocycles. The highest BCUT2D eigenvalue weighted by molar-refractivity contribution is 7.10. The molecular weight excluding hydrogens is 467 g/mol. The zero-order valence-corrected chi connectivity index (χ0v) is 19.2. The third kappa shape index (κ3) is 5.89. The van der Waals surface area contributed by atoms with Gasteiger partial charge < -0.3 is 5.32 Å². The van der Waals surface area contributed by atoms with Crippen LogP contribution in [0.5, 0.6) is 0 Å². The van der Waals surface area contributed by atoms with Crippen LogP contribution in [0.1, 0.15) is 54.3 Å². The molecule has 0 aliphatic heterocycles. The van der Waals surface area contributed by atoms with Crippen LogP contribution in [-0.4, -0.2) is 26.1 Å². The molecule has 1 saturated carbocycles. The smallest absolute Gasteiger partial charge is 0.324 e. The lowest BCUT2D eigenvalue weighted by Gasteiger charge is -2.26. The quantitative estimate of drug-likeness (QED) is 0.296. The fourth-order valence-electron chi connectivity index (χ4n) is 4.24. The number of halogens is 3. The van der Waals surface area contributed by atoms with Crippen molar-refractivity contribution in [3.8, 4) is 11.3 Å². The lowest BCUT2D eigenvalue weighted by molar-refractivity contribution is -0.141. The number of nitrogens with one attached hydrogen (secondary N) is 2. The van der Waals surface area contributed by atoms with E-state index in [0.717, 1.165) is 59.8 Å². The minimum absolute atomic E-state index is 0.128. The molecule has 0 atom stereocenters. The first-order valence-corrected chi connectivity index (χ1v) is 11.8. The van der Waals surface area contributed by atoms with Gasteiger partial charge in [0.1, 0.15) is 5.69 Å². The summed E-state index contributed by atoms with van der Waals surface area (Å²) in [7, 11) is 0. The lowest BCUT2D eigenvalue weighted by Crippen LogP contribution is -2.24. The number of hydrogen-bond donors (Lipinski definition) is 3. The van der Waals surface area contributed by atoms with Crippen LogP contribution in [0, 0.1) is 12.8 Å². The van der Waals surface area contributed by atoms with Crippen LogP contribution in [0.25, 0.3) is 11.3 Å². The van der Waals surface area contributed by atoms with Crippen molar-refractivity contribution in [2.75, 3.05) is 5.32 Å². The molecule has 0 radical (unpaired) electrons. The Balaban J connectivity index is 1.47. The first-order valence-electron chi connectivity index (χ1n) is 10.9. The van der Waals surface area contributed by atoms with Crippen molar-refractivity contribution in [2.24, 2.45) is 5.92 Å². The van der Waals surface area contributed by atoms with Gasteiger partial charge in [-0.2, -0.15) is 13.2 Å². The Morgan fingerprint density at radius 2 is 1.94 bits per heavy atom. The maximum atomic E-state index is 13.0. The third-order valence-electron chi connectivity index (χ3n) is 5.89. The van der Waals surface area contributed by atoms with Gasteiger partial charge in [-0.25, -0.2) is 20.4 Å². The number of aromatic nitrogens is 3. The molecule has 1 aliphatic rings. The van der Waals surface area contributed by atoms with Crippen molar-refractivity contribution < 1.29 is 23.2 Å². The van der Waals surface area contributed by atoms with E-state index in [1.165, 1.54) is 0 Å². The molecule has 180 valence electrons. The average Bonchev–Trinajstić information content (AvgIpc) is 3.29. The number of carbonyl (C=O) groups is 1. The number of carbonyl (C=O) groups excluding carboxylic acids is 1. The summed E-state index contributed by atoms with van der Waals surface area (Å²) in [5.74, 6) is 0.121. The number of anilines is 2. The van der Waals surface area contributed by atoms with E-state index in [1.807, 2.05) is 30.5 Å². The summed E-state index contributed by atoms with van der Waals surface area (Å²) in [5.41, 5.74) is 3.84. The summed E-state index contributed by atoms with van der Waals surface area (Å²) < 4.78 is 38.9. The Morgan fingerprint density at radius 1 is 1.18 bits per heavy atom. The fraction of sp³-hybridized carbons (Fsp3) is 0.391. The maximum Gasteiger partial charge on any atom is 0.433 e. The fourth-order valence-corrected chi connectivity index (χ4v) is 5.24. The number of hydroxylamine groups is 1. The molecule has 0 spiro atoms. The predicted octanol–water partition coefficient (Wildman–Crippen LogP) is 5.84. The number of aryl methyl sites for hydroxylation is 1. The van der Waals surface area contributed by atoms with Gasteiger partial charge in [-0.15, -0.1) is 11.3 Å². The van der Waals surface area contributed by atoms with Gasteiger partial charge in [0.2, 0.25) is 11.9 Å². The third-order valence-corrected chi connectivity index (χ3v) is 6.90. The SMILES string of the molecule is Cc1cc(Nc2nccc(C(F)(F)F)n2)cc(-c2csc(C3CCC(CC(=O)NO)CC3)n2)c1. The molecule has 3 aromatic rings. The van der Waals surface area contributed by atoms with Gasteiger partial charge in [0, 0.05) is 35.2 Å². The average molecular weight is 492 g/mol. The summed E-state index contributed by atoms with van der Waals surface area (Å²) in [4.78, 5) is 23.7. The first-order chi connectivity index (χ1) is 16.2. The number of amides is 1. The number of nitrogens with zero attached hydrogens (tertiary/aromatic N) is 3. The highest BCUT2D eigenvalue weighted by Crippen LogP contribution is 2.39. The minimum atomic E-state index is -4.54. The standard InChI is InChI=1S/C23H24F3N5O2S/c1-13-8-16(11-17(9-13)28-22-27-7-6-19(30-22)23(24,25)26)18-12-34-21(29-18)15-4-2-14(3-5-15)10-20(32)31-33/h6-9,11-12,14-15,33H,2-5,10H2,1H3,(H,31,32)(H,27,28,30). The summed E-state index contributed by atoms with van der Waals surface area (Å²) in [6, 6.07) is 6.43. The zero-order valence-electron chi connectivity index (χ0n) is 18.4. The van der Waals surface area contributed by atoms with Crippen LogP contribution in [0.4, 0.5) is 24.8 Å². The van der Waals surface area contributed by atoms with Crippen LogP contribution in [0.15, 0.2) is 35.8 Å². The van der Waals surface area contributed by atoms with Crippen LogP contribution in [0.3, 0.4) is 0 Å². The van der Waals surface area contributed by atoms with E-state index >= 15 is 0 Å². The molecule has 0 saturated heterocycles. The van der Waals surface area contributed by atoms with Crippen LogP contribution < -0.4 is 10.8 Å². The topological polar surface area (TPSA) is 100 Å². The van der Waals surface area contributed by atoms with E-state index in [0.29, 0.717) is 18.0 Å². The number of rotatable bonds is 6.